The maximum absolute atomic E-state index is 12.9. The molecule has 9 heteroatoms. The summed E-state index contributed by atoms with van der Waals surface area (Å²) in [6.45, 7) is 1.79. The third kappa shape index (κ3) is 3.85. The smallest absolute Gasteiger partial charge is 0.417 e. The van der Waals surface area contributed by atoms with Crippen molar-refractivity contribution in [3.63, 3.8) is 0 Å². The van der Waals surface area contributed by atoms with Crippen LogP contribution in [0.15, 0.2) is 40.1 Å². The maximum Gasteiger partial charge on any atom is 0.417 e. The highest BCUT2D eigenvalue weighted by Crippen LogP contribution is 2.37. The quantitative estimate of drug-likeness (QED) is 0.634. The summed E-state index contributed by atoms with van der Waals surface area (Å²) in [4.78, 5) is 16.2. The predicted molar refractivity (Wildman–Crippen MR) is 89.0 cm³/mol. The Balaban J connectivity index is 1.85. The molecule has 0 fully saturated rings. The van der Waals surface area contributed by atoms with E-state index in [0.29, 0.717) is 5.13 Å². The lowest BCUT2D eigenvalue weighted by molar-refractivity contribution is -0.137. The number of aryl methyl sites for hydroxylation is 1. The van der Waals surface area contributed by atoms with Crippen LogP contribution in [-0.2, 0) is 6.18 Å². The molecule has 0 saturated carbocycles. The number of carbonyl (C=O) groups excluding carboxylic acids is 1. The number of aromatic nitrogens is 1. The highest BCUT2D eigenvalue weighted by Gasteiger charge is 2.33. The van der Waals surface area contributed by atoms with Crippen LogP contribution in [0, 0.1) is 6.92 Å². The fourth-order valence-corrected chi connectivity index (χ4v) is 2.99. The molecule has 0 bridgehead atoms. The zero-order valence-corrected chi connectivity index (χ0v) is 14.2. The molecule has 0 saturated heterocycles. The van der Waals surface area contributed by atoms with Crippen molar-refractivity contribution < 1.29 is 22.4 Å². The minimum atomic E-state index is -4.58. The van der Waals surface area contributed by atoms with Crippen molar-refractivity contribution in [2.75, 3.05) is 5.32 Å². The van der Waals surface area contributed by atoms with E-state index in [9.17, 15) is 18.0 Å². The van der Waals surface area contributed by atoms with Gasteiger partial charge in [-0.3, -0.25) is 10.1 Å². The molecule has 1 aromatic carbocycles. The standard InChI is InChI=1S/C16H10ClF3N2O2S/c1-8-7-25-15(21-8)22-14(23)13-5-4-12(24-13)9-2-3-11(17)10(6-9)16(18,19)20/h2-7H,1H3,(H,21,22,23). The number of anilines is 1. The van der Waals surface area contributed by atoms with Crippen LogP contribution in [0.25, 0.3) is 11.3 Å². The van der Waals surface area contributed by atoms with Crippen molar-refractivity contribution in [3.05, 3.63) is 57.8 Å². The molecule has 0 aliphatic rings. The van der Waals surface area contributed by atoms with E-state index in [0.717, 1.165) is 17.8 Å². The summed E-state index contributed by atoms with van der Waals surface area (Å²) < 4.78 is 44.2. The normalized spacial score (nSPS) is 11.6. The molecule has 0 aliphatic heterocycles. The zero-order valence-electron chi connectivity index (χ0n) is 12.6. The molecule has 1 amide bonds. The topological polar surface area (TPSA) is 55.1 Å². The zero-order chi connectivity index (χ0) is 18.2. The summed E-state index contributed by atoms with van der Waals surface area (Å²) in [6.07, 6.45) is -4.58. The van der Waals surface area contributed by atoms with E-state index in [1.807, 2.05) is 0 Å². The summed E-state index contributed by atoms with van der Waals surface area (Å²) in [5.41, 5.74) is -0.0329. The molecule has 1 N–H and O–H groups in total. The molecule has 25 heavy (non-hydrogen) atoms. The lowest BCUT2D eigenvalue weighted by atomic mass is 10.1. The Bertz CT molecular complexity index is 934. The van der Waals surface area contributed by atoms with Gasteiger partial charge < -0.3 is 4.42 Å². The van der Waals surface area contributed by atoms with Crippen LogP contribution < -0.4 is 5.32 Å². The second-order valence-electron chi connectivity index (χ2n) is 5.10. The number of hydrogen-bond acceptors (Lipinski definition) is 4. The summed E-state index contributed by atoms with van der Waals surface area (Å²) >= 11 is 6.85. The van der Waals surface area contributed by atoms with Crippen molar-refractivity contribution in [2.24, 2.45) is 0 Å². The average molecular weight is 387 g/mol. The summed E-state index contributed by atoms with van der Waals surface area (Å²) in [6, 6.07) is 6.22. The highest BCUT2D eigenvalue weighted by atomic mass is 35.5. The third-order valence-corrected chi connectivity index (χ3v) is 4.43. The lowest BCUT2D eigenvalue weighted by Gasteiger charge is -2.09. The van der Waals surface area contributed by atoms with Crippen molar-refractivity contribution in [1.29, 1.82) is 0 Å². The number of nitrogens with one attached hydrogen (secondary N) is 1. The minimum absolute atomic E-state index is 0.0358. The van der Waals surface area contributed by atoms with Gasteiger partial charge in [-0.1, -0.05) is 11.6 Å². The van der Waals surface area contributed by atoms with Gasteiger partial charge in [-0.05, 0) is 37.3 Å². The van der Waals surface area contributed by atoms with Gasteiger partial charge in [0.25, 0.3) is 5.91 Å². The SMILES string of the molecule is Cc1csc(NC(=O)c2ccc(-c3ccc(Cl)c(C(F)(F)F)c3)o2)n1. The summed E-state index contributed by atoms with van der Waals surface area (Å²) in [5, 5.41) is 4.34. The number of hydrogen-bond donors (Lipinski definition) is 1. The molecule has 0 spiro atoms. The Hall–Kier alpha value is -2.32. The van der Waals surface area contributed by atoms with Crippen molar-refractivity contribution in [2.45, 2.75) is 13.1 Å². The van der Waals surface area contributed by atoms with Crippen LogP contribution in [0.1, 0.15) is 21.8 Å². The Morgan fingerprint density at radius 3 is 2.68 bits per heavy atom. The van der Waals surface area contributed by atoms with Gasteiger partial charge in [-0.2, -0.15) is 13.2 Å². The van der Waals surface area contributed by atoms with Gasteiger partial charge >= 0.3 is 6.18 Å². The molecule has 2 aromatic heterocycles. The van der Waals surface area contributed by atoms with Gasteiger partial charge in [0.15, 0.2) is 10.9 Å². The third-order valence-electron chi connectivity index (χ3n) is 3.23. The van der Waals surface area contributed by atoms with Gasteiger partial charge in [0.05, 0.1) is 16.3 Å². The van der Waals surface area contributed by atoms with E-state index >= 15 is 0 Å². The number of halogens is 4. The van der Waals surface area contributed by atoms with E-state index in [4.69, 9.17) is 16.0 Å². The number of amides is 1. The predicted octanol–water partition coefficient (Wildman–Crippen LogP) is 5.64. The lowest BCUT2D eigenvalue weighted by Crippen LogP contribution is -2.10. The maximum atomic E-state index is 12.9. The molecule has 0 unspecified atom stereocenters. The van der Waals surface area contributed by atoms with E-state index in [-0.39, 0.29) is 17.1 Å². The average Bonchev–Trinajstić information content (AvgIpc) is 3.16. The Labute approximate surface area is 149 Å². The van der Waals surface area contributed by atoms with E-state index < -0.39 is 22.7 Å². The first-order chi connectivity index (χ1) is 11.7. The molecule has 2 heterocycles. The first-order valence-corrected chi connectivity index (χ1v) is 8.20. The van der Waals surface area contributed by atoms with Crippen molar-refractivity contribution in [3.8, 4) is 11.3 Å². The molecular formula is C16H10ClF3N2O2S. The first-order valence-electron chi connectivity index (χ1n) is 6.94. The fraction of sp³-hybridized carbons (Fsp3) is 0.125. The second-order valence-corrected chi connectivity index (χ2v) is 6.37. The van der Waals surface area contributed by atoms with Crippen LogP contribution in [0.3, 0.4) is 0 Å². The van der Waals surface area contributed by atoms with Gasteiger partial charge in [-0.25, -0.2) is 4.98 Å². The van der Waals surface area contributed by atoms with Crippen LogP contribution in [0.5, 0.6) is 0 Å². The van der Waals surface area contributed by atoms with Crippen LogP contribution in [-0.4, -0.2) is 10.9 Å². The number of carbonyl (C=O) groups is 1. The summed E-state index contributed by atoms with van der Waals surface area (Å²) in [5.74, 6) is -0.445. The van der Waals surface area contributed by atoms with Gasteiger partial charge in [0, 0.05) is 10.9 Å². The molecule has 130 valence electrons. The van der Waals surface area contributed by atoms with Gasteiger partial charge in [0.1, 0.15) is 5.76 Å². The van der Waals surface area contributed by atoms with E-state index in [1.165, 1.54) is 29.5 Å². The molecular weight excluding hydrogens is 377 g/mol. The Morgan fingerprint density at radius 2 is 2.04 bits per heavy atom. The van der Waals surface area contributed by atoms with Crippen LogP contribution in [0.2, 0.25) is 5.02 Å². The number of thiazole rings is 1. The number of furan rings is 1. The van der Waals surface area contributed by atoms with Crippen molar-refractivity contribution >= 4 is 34.0 Å². The molecule has 0 atom stereocenters. The van der Waals surface area contributed by atoms with Crippen LogP contribution in [0.4, 0.5) is 18.3 Å². The minimum Gasteiger partial charge on any atom is -0.451 e. The van der Waals surface area contributed by atoms with Crippen molar-refractivity contribution in [1.82, 2.24) is 4.98 Å². The van der Waals surface area contributed by atoms with Gasteiger partial charge in [0.2, 0.25) is 0 Å². The fourth-order valence-electron chi connectivity index (χ4n) is 2.08. The van der Waals surface area contributed by atoms with E-state index in [2.05, 4.69) is 10.3 Å². The Kier molecular flexibility index (Phi) is 4.57. The molecule has 0 aliphatic carbocycles. The molecule has 4 nitrogen and oxygen atoms in total. The first kappa shape index (κ1) is 17.5. The number of benzene rings is 1. The number of nitrogens with zero attached hydrogens (tertiary/aromatic N) is 1. The van der Waals surface area contributed by atoms with E-state index in [1.54, 1.807) is 12.3 Å². The second kappa shape index (κ2) is 6.53. The number of alkyl halides is 3. The molecule has 0 radical (unpaired) electrons. The monoisotopic (exact) mass is 386 g/mol. The molecule has 3 aromatic rings. The van der Waals surface area contributed by atoms with Gasteiger partial charge in [-0.15, -0.1) is 11.3 Å². The largest absolute Gasteiger partial charge is 0.451 e. The number of rotatable bonds is 3. The Morgan fingerprint density at radius 1 is 1.28 bits per heavy atom. The highest BCUT2D eigenvalue weighted by molar-refractivity contribution is 7.13. The van der Waals surface area contributed by atoms with Crippen LogP contribution >= 0.6 is 22.9 Å². The summed E-state index contributed by atoms with van der Waals surface area (Å²) in [7, 11) is 0. The molecule has 3 rings (SSSR count).